The van der Waals surface area contributed by atoms with E-state index in [0.29, 0.717) is 25.0 Å². The molecule has 1 heterocycles. The largest absolute Gasteiger partial charge is 0.394 e. The van der Waals surface area contributed by atoms with E-state index in [1.54, 1.807) is 6.20 Å². The average molecular weight is 857 g/mol. The summed E-state index contributed by atoms with van der Waals surface area (Å²) in [5.74, 6) is -2.51. The minimum atomic E-state index is -1.51. The fourth-order valence-corrected chi connectivity index (χ4v) is 7.59. The first-order chi connectivity index (χ1) is 29.1. The molecule has 4 amide bonds. The SMILES string of the molecule is CC(C)CC(NC(=O)CC(O)C(CO)NC(=O)C(Cc1cnc[nH]1)NC(=O)C(Cc1cccc2ccccc12)Cc1cccc2ccccc12)C(=O)NCc1ccccc1.[Na].[Na]. The molecule has 0 spiro atoms. The number of fused-ring (bicyclic) bond motifs is 2. The Bertz CT molecular complexity index is 2270. The molecular weight excluding hydrogens is 803 g/mol. The van der Waals surface area contributed by atoms with E-state index >= 15 is 0 Å². The molecule has 6 aromatic rings. The molecule has 2 radical (unpaired) electrons. The molecule has 12 nitrogen and oxygen atoms in total. The van der Waals surface area contributed by atoms with Crippen LogP contribution in [0.1, 0.15) is 49.1 Å². The van der Waals surface area contributed by atoms with Gasteiger partial charge in [0.15, 0.2) is 0 Å². The summed E-state index contributed by atoms with van der Waals surface area (Å²) in [5, 5.41) is 37.0. The van der Waals surface area contributed by atoms with Crippen LogP contribution in [-0.4, -0.2) is 134 Å². The summed E-state index contributed by atoms with van der Waals surface area (Å²) in [6, 6.07) is 34.2. The van der Waals surface area contributed by atoms with Crippen molar-refractivity contribution in [1.82, 2.24) is 31.2 Å². The number of imidazole rings is 1. The summed E-state index contributed by atoms with van der Waals surface area (Å²) in [5.41, 5.74) is 3.48. The second kappa shape index (κ2) is 25.1. The van der Waals surface area contributed by atoms with E-state index in [4.69, 9.17) is 0 Å². The van der Waals surface area contributed by atoms with Crippen LogP contribution in [-0.2, 0) is 45.0 Å². The predicted molar refractivity (Wildman–Crippen MR) is 244 cm³/mol. The van der Waals surface area contributed by atoms with Crippen LogP contribution >= 0.6 is 0 Å². The first-order valence-electron chi connectivity index (χ1n) is 20.5. The maximum Gasteiger partial charge on any atom is 0.243 e. The van der Waals surface area contributed by atoms with Crippen LogP contribution < -0.4 is 21.3 Å². The van der Waals surface area contributed by atoms with Crippen molar-refractivity contribution in [1.29, 1.82) is 0 Å². The molecule has 1 aromatic heterocycles. The number of amides is 4. The van der Waals surface area contributed by atoms with Crippen molar-refractivity contribution < 1.29 is 29.4 Å². The molecular formula is C48H54N6Na2O6. The maximum atomic E-state index is 14.6. The van der Waals surface area contributed by atoms with Gasteiger partial charge in [0, 0.05) is 89.9 Å². The topological polar surface area (TPSA) is 186 Å². The second-order valence-electron chi connectivity index (χ2n) is 15.7. The summed E-state index contributed by atoms with van der Waals surface area (Å²) in [4.78, 5) is 62.1. The number of nitrogens with one attached hydrogen (secondary N) is 5. The number of aromatic nitrogens is 2. The summed E-state index contributed by atoms with van der Waals surface area (Å²) < 4.78 is 0. The number of aromatic amines is 1. The zero-order chi connectivity index (χ0) is 42.4. The summed E-state index contributed by atoms with van der Waals surface area (Å²) >= 11 is 0. The maximum absolute atomic E-state index is 14.6. The van der Waals surface area contributed by atoms with Gasteiger partial charge in [-0.25, -0.2) is 4.98 Å². The Morgan fingerprint density at radius 3 is 1.81 bits per heavy atom. The van der Waals surface area contributed by atoms with Gasteiger partial charge >= 0.3 is 0 Å². The normalized spacial score (nSPS) is 13.0. The van der Waals surface area contributed by atoms with Crippen molar-refractivity contribution in [2.24, 2.45) is 11.8 Å². The van der Waals surface area contributed by atoms with Crippen LogP contribution in [0.25, 0.3) is 21.5 Å². The van der Waals surface area contributed by atoms with E-state index < -0.39 is 55.0 Å². The van der Waals surface area contributed by atoms with Crippen LogP contribution in [0.3, 0.4) is 0 Å². The Labute approximate surface area is 407 Å². The van der Waals surface area contributed by atoms with E-state index in [0.717, 1.165) is 38.2 Å². The summed E-state index contributed by atoms with van der Waals surface area (Å²) in [6.07, 6.45) is 2.21. The van der Waals surface area contributed by atoms with E-state index in [9.17, 15) is 29.4 Å². The Morgan fingerprint density at radius 2 is 1.24 bits per heavy atom. The molecule has 0 aliphatic carbocycles. The molecule has 0 fully saturated rings. The van der Waals surface area contributed by atoms with Gasteiger partial charge in [-0.05, 0) is 63.4 Å². The molecule has 5 aromatic carbocycles. The zero-order valence-electron chi connectivity index (χ0n) is 36.0. The molecule has 314 valence electrons. The van der Waals surface area contributed by atoms with Crippen molar-refractivity contribution >= 4 is 104 Å². The van der Waals surface area contributed by atoms with Crippen molar-refractivity contribution in [3.63, 3.8) is 0 Å². The standard InChI is InChI=1S/C48H54N6O6.2Na/c1-31(2)22-41(47(59)50-27-32-12-4-3-5-13-32)52-45(57)26-44(56)43(29-55)54-48(60)42(25-38-28-49-30-51-38)53-46(58)37(23-35-18-10-16-33-14-6-8-20-39(33)35)24-36-19-11-17-34-15-7-9-21-40(34)36;;/h3-21,28,30-31,37,41-44,55-56H,22-27,29H2,1-2H3,(H,49,51)(H,50,59)(H,52,57)(H,53,58)(H,54,60);;. The fraction of sp³-hybridized carbons (Fsp3) is 0.312. The quantitative estimate of drug-likeness (QED) is 0.0563. The van der Waals surface area contributed by atoms with Crippen LogP contribution in [0.2, 0.25) is 0 Å². The smallest absolute Gasteiger partial charge is 0.243 e. The summed E-state index contributed by atoms with van der Waals surface area (Å²) in [6.45, 7) is 3.46. The van der Waals surface area contributed by atoms with Gasteiger partial charge in [0.25, 0.3) is 0 Å². The summed E-state index contributed by atoms with van der Waals surface area (Å²) in [7, 11) is 0. The molecule has 7 N–H and O–H groups in total. The predicted octanol–water partition coefficient (Wildman–Crippen LogP) is 4.16. The molecule has 4 unspecified atom stereocenters. The third-order valence-corrected chi connectivity index (χ3v) is 10.7. The van der Waals surface area contributed by atoms with E-state index in [1.165, 1.54) is 6.33 Å². The van der Waals surface area contributed by atoms with Gasteiger partial charge in [-0.1, -0.05) is 129 Å². The van der Waals surface area contributed by atoms with Gasteiger partial charge < -0.3 is 36.5 Å². The first kappa shape index (κ1) is 50.3. The molecule has 0 saturated heterocycles. The molecule has 4 atom stereocenters. The average Bonchev–Trinajstić information content (AvgIpc) is 3.77. The Kier molecular flexibility index (Phi) is 20.3. The van der Waals surface area contributed by atoms with E-state index in [1.807, 2.05) is 129 Å². The number of carbonyl (C=O) groups is 4. The van der Waals surface area contributed by atoms with Crippen LogP contribution in [0.4, 0.5) is 0 Å². The minimum absolute atomic E-state index is 0. The van der Waals surface area contributed by atoms with Crippen molar-refractivity contribution in [3.8, 4) is 0 Å². The number of hydrogen-bond acceptors (Lipinski definition) is 7. The molecule has 0 aliphatic heterocycles. The Hall–Kier alpha value is -4.37. The number of H-pyrrole nitrogens is 1. The minimum Gasteiger partial charge on any atom is -0.394 e. The van der Waals surface area contributed by atoms with E-state index in [-0.39, 0.29) is 89.8 Å². The Balaban J connectivity index is 0.00000422. The second-order valence-corrected chi connectivity index (χ2v) is 15.7. The van der Waals surface area contributed by atoms with Crippen LogP contribution in [0.5, 0.6) is 0 Å². The third-order valence-electron chi connectivity index (χ3n) is 10.7. The van der Waals surface area contributed by atoms with Crippen LogP contribution in [0, 0.1) is 11.8 Å². The first-order valence-corrected chi connectivity index (χ1v) is 20.5. The number of benzene rings is 5. The number of nitrogens with zero attached hydrogens (tertiary/aromatic N) is 1. The van der Waals surface area contributed by atoms with Crippen molar-refractivity contribution in [2.75, 3.05) is 6.61 Å². The van der Waals surface area contributed by atoms with E-state index in [2.05, 4.69) is 31.2 Å². The van der Waals surface area contributed by atoms with Gasteiger partial charge in [0.05, 0.1) is 31.5 Å². The van der Waals surface area contributed by atoms with Gasteiger partial charge in [-0.2, -0.15) is 0 Å². The fourth-order valence-electron chi connectivity index (χ4n) is 7.59. The molecule has 62 heavy (non-hydrogen) atoms. The van der Waals surface area contributed by atoms with Crippen molar-refractivity contribution in [3.05, 3.63) is 150 Å². The molecule has 0 saturated carbocycles. The van der Waals surface area contributed by atoms with Gasteiger partial charge in [-0.3, -0.25) is 19.2 Å². The molecule has 0 bridgehead atoms. The monoisotopic (exact) mass is 856 g/mol. The van der Waals surface area contributed by atoms with Crippen LogP contribution in [0.15, 0.2) is 128 Å². The number of hydrogen-bond donors (Lipinski definition) is 7. The van der Waals surface area contributed by atoms with Crippen molar-refractivity contribution in [2.45, 2.75) is 76.7 Å². The molecule has 0 aliphatic rings. The number of aliphatic hydroxyl groups excluding tert-OH is 2. The third kappa shape index (κ3) is 14.3. The van der Waals surface area contributed by atoms with Gasteiger partial charge in [0.1, 0.15) is 12.1 Å². The Morgan fingerprint density at radius 1 is 0.661 bits per heavy atom. The number of carbonyl (C=O) groups excluding carboxylic acids is 4. The molecule has 14 heteroatoms. The van der Waals surface area contributed by atoms with Gasteiger partial charge in [-0.15, -0.1) is 0 Å². The molecule has 6 rings (SSSR count). The van der Waals surface area contributed by atoms with Gasteiger partial charge in [0.2, 0.25) is 23.6 Å². The number of rotatable bonds is 20. The number of aliphatic hydroxyl groups is 2. The zero-order valence-corrected chi connectivity index (χ0v) is 40.0.